The summed E-state index contributed by atoms with van der Waals surface area (Å²) in [4.78, 5) is 30.6. The van der Waals surface area contributed by atoms with Crippen molar-refractivity contribution in [2.45, 2.75) is 26.7 Å². The van der Waals surface area contributed by atoms with Crippen molar-refractivity contribution in [1.82, 2.24) is 4.98 Å². The van der Waals surface area contributed by atoms with Gasteiger partial charge in [0.05, 0.1) is 31.0 Å². The topological polar surface area (TPSA) is 86.8 Å². The van der Waals surface area contributed by atoms with Gasteiger partial charge in [-0.25, -0.2) is 9.78 Å². The average Bonchev–Trinajstić information content (AvgIpc) is 2.91. The molecule has 0 radical (unpaired) electrons. The van der Waals surface area contributed by atoms with Gasteiger partial charge in [0.1, 0.15) is 0 Å². The highest BCUT2D eigenvalue weighted by Gasteiger charge is 2.18. The second-order valence-electron chi connectivity index (χ2n) is 8.96. The maximum Gasteiger partial charge on any atom is 0.339 e. The summed E-state index contributed by atoms with van der Waals surface area (Å²) in [6.45, 7) is 5.66. The largest absolute Gasteiger partial charge is 0.493 e. The number of hydrogen-bond donors (Lipinski definition) is 1. The van der Waals surface area contributed by atoms with Crippen LogP contribution in [0.2, 0.25) is 0 Å². The predicted molar refractivity (Wildman–Crippen MR) is 144 cm³/mol. The molecular weight excluding hydrogens is 468 g/mol. The smallest absolute Gasteiger partial charge is 0.339 e. The fourth-order valence-corrected chi connectivity index (χ4v) is 4.21. The van der Waals surface area contributed by atoms with Crippen LogP contribution in [0.4, 0.5) is 5.69 Å². The number of nitrogens with zero attached hydrogens (tertiary/aromatic N) is 1. The number of amides is 1. The molecular formula is C30H30N2O5. The maximum atomic E-state index is 13.2. The Balaban J connectivity index is 1.60. The van der Waals surface area contributed by atoms with E-state index in [1.165, 1.54) is 0 Å². The molecule has 1 heterocycles. The number of nitrogens with one attached hydrogen (secondary N) is 1. The molecule has 0 fully saturated rings. The van der Waals surface area contributed by atoms with E-state index in [-0.39, 0.29) is 5.92 Å². The number of ether oxygens (including phenoxy) is 3. The quantitative estimate of drug-likeness (QED) is 0.293. The van der Waals surface area contributed by atoms with Gasteiger partial charge in [0, 0.05) is 16.6 Å². The lowest BCUT2D eigenvalue weighted by molar-refractivity contribution is -0.119. The van der Waals surface area contributed by atoms with Crippen molar-refractivity contribution in [3.63, 3.8) is 0 Å². The number of methoxy groups -OCH3 is 2. The molecule has 0 bridgehead atoms. The number of hydrogen-bond acceptors (Lipinski definition) is 6. The number of aromatic nitrogens is 1. The minimum atomic E-state index is -0.607. The number of pyridine rings is 1. The number of anilines is 1. The van der Waals surface area contributed by atoms with Crippen molar-refractivity contribution >= 4 is 28.5 Å². The molecule has 1 N–H and O–H groups in total. The summed E-state index contributed by atoms with van der Waals surface area (Å²) in [6, 6.07) is 20.3. The van der Waals surface area contributed by atoms with E-state index >= 15 is 0 Å². The first-order valence-corrected chi connectivity index (χ1v) is 12.0. The van der Waals surface area contributed by atoms with Gasteiger partial charge in [-0.2, -0.15) is 0 Å². The van der Waals surface area contributed by atoms with Gasteiger partial charge in [-0.05, 0) is 54.3 Å². The number of benzene rings is 3. The van der Waals surface area contributed by atoms with Crippen molar-refractivity contribution < 1.29 is 23.8 Å². The molecule has 0 spiro atoms. The van der Waals surface area contributed by atoms with Crippen LogP contribution in [0.15, 0.2) is 66.7 Å². The molecule has 0 aliphatic heterocycles. The Hall–Kier alpha value is -4.39. The van der Waals surface area contributed by atoms with Gasteiger partial charge in [-0.1, -0.05) is 50.2 Å². The van der Waals surface area contributed by atoms with E-state index in [1.807, 2.05) is 49.4 Å². The number of aryl methyl sites for hydroxylation is 1. The molecule has 3 aromatic carbocycles. The fourth-order valence-electron chi connectivity index (χ4n) is 4.21. The highest BCUT2D eigenvalue weighted by molar-refractivity contribution is 6.05. The standard InChI is InChI=1S/C30H30N2O5/c1-18(2)21-11-8-9-19(3)29(21)32-28(33)17-37-30(34)23-16-25(31-24-12-7-6-10-22(23)24)20-13-14-26(35-4)27(15-20)36-5/h6-16,18H,17H2,1-5H3,(H,32,33). The number of carbonyl (C=O) groups excluding carboxylic acids is 2. The second kappa shape index (κ2) is 11.1. The van der Waals surface area contributed by atoms with E-state index in [2.05, 4.69) is 19.2 Å². The Morgan fingerprint density at radius 1 is 0.919 bits per heavy atom. The third-order valence-corrected chi connectivity index (χ3v) is 6.14. The second-order valence-corrected chi connectivity index (χ2v) is 8.96. The van der Waals surface area contributed by atoms with Crippen LogP contribution in [-0.2, 0) is 9.53 Å². The molecule has 7 heteroatoms. The number of para-hydroxylation sites is 2. The lowest BCUT2D eigenvalue weighted by Gasteiger charge is -2.16. The van der Waals surface area contributed by atoms with Crippen LogP contribution in [0, 0.1) is 6.92 Å². The van der Waals surface area contributed by atoms with Crippen molar-refractivity contribution in [2.75, 3.05) is 26.1 Å². The maximum absolute atomic E-state index is 13.2. The third-order valence-electron chi connectivity index (χ3n) is 6.14. The van der Waals surface area contributed by atoms with E-state index in [1.54, 1.807) is 38.5 Å². The Morgan fingerprint density at radius 2 is 1.68 bits per heavy atom. The molecule has 190 valence electrons. The van der Waals surface area contributed by atoms with E-state index < -0.39 is 18.5 Å². The Labute approximate surface area is 216 Å². The summed E-state index contributed by atoms with van der Waals surface area (Å²) in [6.07, 6.45) is 0. The molecule has 7 nitrogen and oxygen atoms in total. The monoisotopic (exact) mass is 498 g/mol. The molecule has 0 unspecified atom stereocenters. The van der Waals surface area contributed by atoms with Gasteiger partial charge in [0.2, 0.25) is 0 Å². The molecule has 1 aromatic heterocycles. The molecule has 4 rings (SSSR count). The van der Waals surface area contributed by atoms with Crippen molar-refractivity contribution in [3.05, 3.63) is 83.4 Å². The molecule has 0 saturated carbocycles. The molecule has 1 amide bonds. The van der Waals surface area contributed by atoms with E-state index in [4.69, 9.17) is 19.2 Å². The predicted octanol–water partition coefficient (Wildman–Crippen LogP) is 6.15. The third kappa shape index (κ3) is 5.56. The summed E-state index contributed by atoms with van der Waals surface area (Å²) in [7, 11) is 3.13. The zero-order valence-electron chi connectivity index (χ0n) is 21.6. The first kappa shape index (κ1) is 25.7. The summed E-state index contributed by atoms with van der Waals surface area (Å²) in [5, 5.41) is 3.55. The van der Waals surface area contributed by atoms with Crippen LogP contribution in [0.1, 0.15) is 41.3 Å². The van der Waals surface area contributed by atoms with Gasteiger partial charge in [0.15, 0.2) is 18.1 Å². The summed E-state index contributed by atoms with van der Waals surface area (Å²) in [5.41, 5.74) is 5.00. The number of rotatable bonds is 8. The van der Waals surface area contributed by atoms with Gasteiger partial charge >= 0.3 is 5.97 Å². The lowest BCUT2D eigenvalue weighted by Crippen LogP contribution is -2.22. The van der Waals surface area contributed by atoms with Gasteiger partial charge < -0.3 is 19.5 Å². The molecule has 4 aromatic rings. The van der Waals surface area contributed by atoms with Crippen LogP contribution in [-0.4, -0.2) is 37.7 Å². The van der Waals surface area contributed by atoms with Crippen molar-refractivity contribution in [3.8, 4) is 22.8 Å². The van der Waals surface area contributed by atoms with Crippen molar-refractivity contribution in [1.29, 1.82) is 0 Å². The van der Waals surface area contributed by atoms with Crippen LogP contribution in [0.3, 0.4) is 0 Å². The van der Waals surface area contributed by atoms with Gasteiger partial charge in [-0.15, -0.1) is 0 Å². The highest BCUT2D eigenvalue weighted by Crippen LogP contribution is 2.33. The van der Waals surface area contributed by atoms with Crippen LogP contribution < -0.4 is 14.8 Å². The molecule has 37 heavy (non-hydrogen) atoms. The van der Waals surface area contributed by atoms with Gasteiger partial charge in [0.25, 0.3) is 5.91 Å². The SMILES string of the molecule is COc1ccc(-c2cc(C(=O)OCC(=O)Nc3c(C)cccc3C(C)C)c3ccccc3n2)cc1OC. The Bertz CT molecular complexity index is 1460. The van der Waals surface area contributed by atoms with Crippen LogP contribution in [0.25, 0.3) is 22.2 Å². The molecule has 0 saturated heterocycles. The number of fused-ring (bicyclic) bond motifs is 1. The minimum Gasteiger partial charge on any atom is -0.493 e. The van der Waals surface area contributed by atoms with Gasteiger partial charge in [-0.3, -0.25) is 4.79 Å². The zero-order chi connectivity index (χ0) is 26.5. The Kier molecular flexibility index (Phi) is 7.72. The molecule has 0 aliphatic carbocycles. The number of esters is 1. The summed E-state index contributed by atoms with van der Waals surface area (Å²) >= 11 is 0. The molecule has 0 atom stereocenters. The molecule has 0 aliphatic rings. The fraction of sp³-hybridized carbons (Fsp3) is 0.233. The van der Waals surface area contributed by atoms with Crippen LogP contribution in [0.5, 0.6) is 11.5 Å². The first-order valence-electron chi connectivity index (χ1n) is 12.0. The Morgan fingerprint density at radius 3 is 2.41 bits per heavy atom. The summed E-state index contributed by atoms with van der Waals surface area (Å²) < 4.78 is 16.2. The zero-order valence-corrected chi connectivity index (χ0v) is 21.6. The lowest BCUT2D eigenvalue weighted by atomic mass is 9.98. The van der Waals surface area contributed by atoms with Crippen molar-refractivity contribution in [2.24, 2.45) is 0 Å². The summed E-state index contributed by atoms with van der Waals surface area (Å²) in [5.74, 6) is 0.364. The minimum absolute atomic E-state index is 0.232. The first-order chi connectivity index (χ1) is 17.8. The van der Waals surface area contributed by atoms with E-state index in [9.17, 15) is 9.59 Å². The van der Waals surface area contributed by atoms with E-state index in [0.717, 1.165) is 22.4 Å². The normalized spacial score (nSPS) is 10.9. The average molecular weight is 499 g/mol. The highest BCUT2D eigenvalue weighted by atomic mass is 16.5. The number of carbonyl (C=O) groups is 2. The van der Waals surface area contributed by atoms with Crippen LogP contribution >= 0.6 is 0 Å². The van der Waals surface area contributed by atoms with E-state index in [0.29, 0.717) is 33.7 Å².